The number of imide groups is 1. The van der Waals surface area contributed by atoms with E-state index in [2.05, 4.69) is 5.32 Å². The van der Waals surface area contributed by atoms with Gasteiger partial charge in [0.05, 0.1) is 11.3 Å². The Kier molecular flexibility index (Phi) is 4.49. The highest BCUT2D eigenvalue weighted by atomic mass is 19.4. The minimum absolute atomic E-state index is 0.176. The summed E-state index contributed by atoms with van der Waals surface area (Å²) >= 11 is 0. The lowest BCUT2D eigenvalue weighted by Gasteiger charge is -2.33. The van der Waals surface area contributed by atoms with Crippen LogP contribution in [0.1, 0.15) is 31.7 Å². The number of nitrogens with one attached hydrogen (secondary N) is 1. The Balaban J connectivity index is 1.97. The fourth-order valence-electron chi connectivity index (χ4n) is 3.71. The van der Waals surface area contributed by atoms with Crippen LogP contribution in [-0.4, -0.2) is 42.0 Å². The molecule has 1 spiro atoms. The lowest BCUT2D eigenvalue weighted by atomic mass is 9.88. The molecule has 1 N–H and O–H groups in total. The van der Waals surface area contributed by atoms with Crippen molar-refractivity contribution >= 4 is 17.6 Å². The number of halogens is 3. The molecule has 2 aliphatic rings. The summed E-state index contributed by atoms with van der Waals surface area (Å²) < 4.78 is 38.2. The number of rotatable bonds is 2. The van der Waals surface area contributed by atoms with Gasteiger partial charge >= 0.3 is 12.2 Å². The molecule has 0 aromatic heterocycles. The van der Waals surface area contributed by atoms with E-state index in [1.165, 1.54) is 12.1 Å². The van der Waals surface area contributed by atoms with Gasteiger partial charge in [-0.3, -0.25) is 4.79 Å². The van der Waals surface area contributed by atoms with Crippen molar-refractivity contribution in [3.05, 3.63) is 29.8 Å². The van der Waals surface area contributed by atoms with Crippen molar-refractivity contribution in [2.75, 3.05) is 24.5 Å². The lowest BCUT2D eigenvalue weighted by molar-refractivity contribution is -0.137. The van der Waals surface area contributed by atoms with Gasteiger partial charge in [-0.1, -0.05) is 0 Å². The smallest absolute Gasteiger partial charge is 0.317 e. The highest BCUT2D eigenvalue weighted by Crippen LogP contribution is 2.39. The average Bonchev–Trinajstić information content (AvgIpc) is 2.74. The van der Waals surface area contributed by atoms with Gasteiger partial charge in [0.2, 0.25) is 0 Å². The first-order valence-corrected chi connectivity index (χ1v) is 8.35. The van der Waals surface area contributed by atoms with Crippen molar-refractivity contribution < 1.29 is 22.8 Å². The van der Waals surface area contributed by atoms with Crippen molar-refractivity contribution in [1.82, 2.24) is 10.2 Å². The predicted octanol–water partition coefficient (Wildman–Crippen LogP) is 3.01. The normalized spacial score (nSPS) is 25.0. The first kappa shape index (κ1) is 17.7. The quantitative estimate of drug-likeness (QED) is 0.830. The third-order valence-corrected chi connectivity index (χ3v) is 4.97. The number of anilines is 1. The zero-order chi connectivity index (χ0) is 18.2. The minimum atomic E-state index is -4.46. The van der Waals surface area contributed by atoms with E-state index in [4.69, 9.17) is 0 Å². The molecule has 1 aromatic carbocycles. The molecule has 1 atom stereocenters. The highest BCUT2D eigenvalue weighted by Gasteiger charge is 2.56. The number of alkyl halides is 3. The zero-order valence-corrected chi connectivity index (χ0v) is 13.9. The summed E-state index contributed by atoms with van der Waals surface area (Å²) in [7, 11) is 0. The van der Waals surface area contributed by atoms with Crippen LogP contribution in [0.25, 0.3) is 0 Å². The van der Waals surface area contributed by atoms with E-state index in [0.717, 1.165) is 30.0 Å². The molecule has 3 amide bonds. The van der Waals surface area contributed by atoms with Crippen molar-refractivity contribution in [3.8, 4) is 0 Å². The van der Waals surface area contributed by atoms with Gasteiger partial charge in [-0.05, 0) is 63.5 Å². The second-order valence-corrected chi connectivity index (χ2v) is 6.35. The molecule has 5 nitrogen and oxygen atoms in total. The highest BCUT2D eigenvalue weighted by molar-refractivity contribution is 6.23. The topological polar surface area (TPSA) is 52.7 Å². The predicted molar refractivity (Wildman–Crippen MR) is 86.2 cm³/mol. The third kappa shape index (κ3) is 2.88. The van der Waals surface area contributed by atoms with Crippen LogP contribution in [0.5, 0.6) is 0 Å². The van der Waals surface area contributed by atoms with Crippen LogP contribution in [0, 0.1) is 0 Å². The monoisotopic (exact) mass is 355 g/mol. The number of hydrogen-bond donors (Lipinski definition) is 1. The Morgan fingerprint density at radius 1 is 1.12 bits per heavy atom. The molecule has 2 saturated heterocycles. The van der Waals surface area contributed by atoms with Gasteiger partial charge in [-0.15, -0.1) is 0 Å². The Morgan fingerprint density at radius 2 is 1.80 bits per heavy atom. The SMILES string of the molecule is CCN1C(=O)N(c2ccc(C(F)(F)F)cc2)C(=O)[C@]12CCCNCC2. The van der Waals surface area contributed by atoms with Gasteiger partial charge < -0.3 is 10.2 Å². The maximum Gasteiger partial charge on any atom is 0.416 e. The van der Waals surface area contributed by atoms with Gasteiger partial charge in [-0.25, -0.2) is 9.69 Å². The molecule has 1 aromatic rings. The number of amides is 3. The second kappa shape index (κ2) is 6.33. The van der Waals surface area contributed by atoms with Crippen molar-refractivity contribution in [3.63, 3.8) is 0 Å². The first-order chi connectivity index (χ1) is 11.8. The summed E-state index contributed by atoms with van der Waals surface area (Å²) in [6.45, 7) is 3.58. The summed E-state index contributed by atoms with van der Waals surface area (Å²) in [5.74, 6) is -0.345. The van der Waals surface area contributed by atoms with E-state index in [9.17, 15) is 22.8 Å². The molecule has 136 valence electrons. The summed E-state index contributed by atoms with van der Waals surface area (Å²) in [6.07, 6.45) is -2.64. The Bertz CT molecular complexity index is 665. The fraction of sp³-hybridized carbons (Fsp3) is 0.529. The van der Waals surface area contributed by atoms with Crippen LogP contribution >= 0.6 is 0 Å². The third-order valence-electron chi connectivity index (χ3n) is 4.97. The van der Waals surface area contributed by atoms with Crippen LogP contribution in [0.15, 0.2) is 24.3 Å². The lowest BCUT2D eigenvalue weighted by Crippen LogP contribution is -2.50. The number of hydrogen-bond acceptors (Lipinski definition) is 3. The van der Waals surface area contributed by atoms with Gasteiger partial charge in [0.15, 0.2) is 0 Å². The maximum absolute atomic E-state index is 13.1. The van der Waals surface area contributed by atoms with Crippen molar-refractivity contribution in [2.45, 2.75) is 37.9 Å². The fourth-order valence-corrected chi connectivity index (χ4v) is 3.71. The van der Waals surface area contributed by atoms with E-state index in [-0.39, 0.29) is 11.6 Å². The zero-order valence-electron chi connectivity index (χ0n) is 13.9. The standard InChI is InChI=1S/C17H20F3N3O2/c1-2-22-15(25)23(13-6-4-12(5-7-13)17(18,19)20)14(24)16(22)8-3-10-21-11-9-16/h4-7,21H,2-3,8-11H2,1H3/t16-/m1/s1. The molecule has 2 heterocycles. The van der Waals surface area contributed by atoms with Crippen LogP contribution in [0.2, 0.25) is 0 Å². The van der Waals surface area contributed by atoms with E-state index in [1.54, 1.807) is 4.90 Å². The molecule has 3 rings (SSSR count). The molecule has 25 heavy (non-hydrogen) atoms. The van der Waals surface area contributed by atoms with E-state index < -0.39 is 23.3 Å². The molecular weight excluding hydrogens is 335 g/mol. The molecule has 0 saturated carbocycles. The van der Waals surface area contributed by atoms with E-state index in [0.29, 0.717) is 25.9 Å². The molecule has 2 fully saturated rings. The summed E-state index contributed by atoms with van der Waals surface area (Å²) in [6, 6.07) is 3.69. The van der Waals surface area contributed by atoms with Gasteiger partial charge in [0.25, 0.3) is 5.91 Å². The van der Waals surface area contributed by atoms with Crippen molar-refractivity contribution in [1.29, 1.82) is 0 Å². The van der Waals surface area contributed by atoms with Crippen LogP contribution in [0.4, 0.5) is 23.7 Å². The van der Waals surface area contributed by atoms with Gasteiger partial charge in [-0.2, -0.15) is 13.2 Å². The van der Waals surface area contributed by atoms with Gasteiger partial charge in [0.1, 0.15) is 5.54 Å². The summed E-state index contributed by atoms with van der Waals surface area (Å²) in [5, 5.41) is 3.22. The molecule has 0 radical (unpaired) electrons. The Morgan fingerprint density at radius 3 is 2.40 bits per heavy atom. The second-order valence-electron chi connectivity index (χ2n) is 6.35. The summed E-state index contributed by atoms with van der Waals surface area (Å²) in [5.41, 5.74) is -1.54. The Labute approximate surface area is 143 Å². The van der Waals surface area contributed by atoms with Crippen LogP contribution in [0.3, 0.4) is 0 Å². The van der Waals surface area contributed by atoms with E-state index >= 15 is 0 Å². The van der Waals surface area contributed by atoms with E-state index in [1.807, 2.05) is 6.92 Å². The maximum atomic E-state index is 13.1. The number of likely N-dealkylation sites (N-methyl/N-ethyl adjacent to an activating group) is 1. The Hall–Kier alpha value is -2.09. The number of benzene rings is 1. The van der Waals surface area contributed by atoms with Gasteiger partial charge in [0, 0.05) is 6.54 Å². The molecule has 8 heteroatoms. The van der Waals surface area contributed by atoms with Crippen LogP contribution in [-0.2, 0) is 11.0 Å². The molecule has 0 bridgehead atoms. The van der Waals surface area contributed by atoms with Crippen molar-refractivity contribution in [2.24, 2.45) is 0 Å². The number of urea groups is 1. The largest absolute Gasteiger partial charge is 0.416 e. The summed E-state index contributed by atoms with van der Waals surface area (Å²) in [4.78, 5) is 28.5. The average molecular weight is 355 g/mol. The molecule has 2 aliphatic heterocycles. The number of carbonyl (C=O) groups excluding carboxylic acids is 2. The number of carbonyl (C=O) groups is 2. The first-order valence-electron chi connectivity index (χ1n) is 8.35. The molecule has 0 aliphatic carbocycles. The van der Waals surface area contributed by atoms with Crippen LogP contribution < -0.4 is 10.2 Å². The molecule has 0 unspecified atom stereocenters. The minimum Gasteiger partial charge on any atom is -0.317 e. The number of nitrogens with zero attached hydrogens (tertiary/aromatic N) is 2. The molecular formula is C17H20F3N3O2.